The lowest BCUT2D eigenvalue weighted by molar-refractivity contribution is 0.530. The number of nitrogens with zero attached hydrogens (tertiary/aromatic N) is 5. The van der Waals surface area contributed by atoms with Crippen LogP contribution in [-0.2, 0) is 0 Å². The molecule has 0 aliphatic carbocycles. The van der Waals surface area contributed by atoms with Crippen molar-refractivity contribution in [1.82, 2.24) is 9.91 Å². The van der Waals surface area contributed by atoms with Gasteiger partial charge >= 0.3 is 0 Å². The van der Waals surface area contributed by atoms with Gasteiger partial charge in [0.15, 0.2) is 0 Å². The summed E-state index contributed by atoms with van der Waals surface area (Å²) in [5.74, 6) is 1.51. The lowest BCUT2D eigenvalue weighted by atomic mass is 10.2. The predicted octanol–water partition coefficient (Wildman–Crippen LogP) is 0.747. The first-order valence-electron chi connectivity index (χ1n) is 4.39. The highest BCUT2D eigenvalue weighted by Crippen LogP contribution is 2.24. The maximum absolute atomic E-state index is 4.34. The molecule has 0 amide bonds. The molecule has 3 rings (SSSR count). The number of guanidine groups is 2. The molecule has 0 saturated carbocycles. The number of hydrogen-bond donors (Lipinski definition) is 0. The molecular formula is C9H9N5. The third kappa shape index (κ3) is 0.810. The van der Waals surface area contributed by atoms with Crippen LogP contribution in [-0.4, -0.2) is 34.6 Å². The molecule has 0 aromatic rings. The van der Waals surface area contributed by atoms with Gasteiger partial charge in [0.1, 0.15) is 0 Å². The Balaban J connectivity index is 2.21. The molecule has 0 N–H and O–H groups in total. The summed E-state index contributed by atoms with van der Waals surface area (Å²) in [5.41, 5.74) is 2.04. The molecular weight excluding hydrogens is 178 g/mol. The Morgan fingerprint density at radius 3 is 3.07 bits per heavy atom. The lowest BCUT2D eigenvalue weighted by Crippen LogP contribution is -2.37. The summed E-state index contributed by atoms with van der Waals surface area (Å²) in [5, 5.41) is 6.01. The highest BCUT2D eigenvalue weighted by atomic mass is 15.6. The summed E-state index contributed by atoms with van der Waals surface area (Å²) in [4.78, 5) is 10.5. The predicted molar refractivity (Wildman–Crippen MR) is 54.8 cm³/mol. The third-order valence-corrected chi connectivity index (χ3v) is 2.26. The van der Waals surface area contributed by atoms with Crippen LogP contribution in [0.4, 0.5) is 0 Å². The Morgan fingerprint density at radius 1 is 1.36 bits per heavy atom. The number of rotatable bonds is 0. The van der Waals surface area contributed by atoms with E-state index in [0.717, 1.165) is 17.4 Å². The third-order valence-electron chi connectivity index (χ3n) is 2.26. The van der Waals surface area contributed by atoms with Crippen molar-refractivity contribution in [1.29, 1.82) is 0 Å². The fourth-order valence-corrected chi connectivity index (χ4v) is 1.67. The first-order chi connectivity index (χ1) is 6.75. The van der Waals surface area contributed by atoms with Gasteiger partial charge in [0.2, 0.25) is 5.96 Å². The summed E-state index contributed by atoms with van der Waals surface area (Å²) >= 11 is 0. The Hall–Kier alpha value is -1.91. The fourth-order valence-electron chi connectivity index (χ4n) is 1.67. The second kappa shape index (κ2) is 2.31. The van der Waals surface area contributed by atoms with Gasteiger partial charge in [0, 0.05) is 19.0 Å². The van der Waals surface area contributed by atoms with Gasteiger partial charge < -0.3 is 0 Å². The lowest BCUT2D eigenvalue weighted by Gasteiger charge is -2.25. The molecule has 0 radical (unpaired) electrons. The Bertz CT molecular complexity index is 452. The van der Waals surface area contributed by atoms with Crippen LogP contribution in [0.15, 0.2) is 39.1 Å². The van der Waals surface area contributed by atoms with Gasteiger partial charge in [-0.25, -0.2) is 19.9 Å². The molecule has 0 aromatic heterocycles. The Morgan fingerprint density at radius 2 is 2.21 bits per heavy atom. The zero-order chi connectivity index (χ0) is 9.71. The van der Waals surface area contributed by atoms with E-state index in [1.54, 1.807) is 11.2 Å². The first-order valence-corrected chi connectivity index (χ1v) is 4.39. The standard InChI is InChI=1S/C9H9N5/c1-6-5-7-3-4-10-9-13(2)12-8(11-6)14(7)9/h3-5H,1-2H3. The minimum absolute atomic E-state index is 0.700. The van der Waals surface area contributed by atoms with Gasteiger partial charge in [0.25, 0.3) is 5.96 Å². The van der Waals surface area contributed by atoms with Gasteiger partial charge in [-0.15, -0.1) is 5.10 Å². The molecule has 70 valence electrons. The van der Waals surface area contributed by atoms with Crippen LogP contribution in [0.1, 0.15) is 6.92 Å². The first kappa shape index (κ1) is 7.49. The average Bonchev–Trinajstić information content (AvgIpc) is 2.45. The second-order valence-electron chi connectivity index (χ2n) is 3.33. The van der Waals surface area contributed by atoms with Gasteiger partial charge in [-0.1, -0.05) is 0 Å². The van der Waals surface area contributed by atoms with E-state index in [-0.39, 0.29) is 0 Å². The maximum atomic E-state index is 4.34. The quantitative estimate of drug-likeness (QED) is 0.561. The zero-order valence-electron chi connectivity index (χ0n) is 7.97. The van der Waals surface area contributed by atoms with Gasteiger partial charge in [-0.05, 0) is 19.1 Å². The van der Waals surface area contributed by atoms with E-state index < -0.39 is 0 Å². The van der Waals surface area contributed by atoms with Crippen LogP contribution in [0, 0.1) is 0 Å². The van der Waals surface area contributed by atoms with E-state index in [0.29, 0.717) is 5.96 Å². The fraction of sp³-hybridized carbons (Fsp3) is 0.222. The molecule has 0 fully saturated rings. The smallest absolute Gasteiger partial charge is 0.246 e. The van der Waals surface area contributed by atoms with E-state index in [2.05, 4.69) is 15.1 Å². The molecule has 5 heteroatoms. The van der Waals surface area contributed by atoms with Crippen molar-refractivity contribution in [3.05, 3.63) is 24.0 Å². The largest absolute Gasteiger partial charge is 0.255 e. The summed E-state index contributed by atoms with van der Waals surface area (Å²) in [6.45, 7) is 1.96. The minimum Gasteiger partial charge on any atom is -0.246 e. The SMILES string of the molecule is CC1=NC2=NN(C)C3=NC=CC(=C1)N23. The van der Waals surface area contributed by atoms with Crippen LogP contribution in [0.5, 0.6) is 0 Å². The van der Waals surface area contributed by atoms with Crippen LogP contribution in [0.25, 0.3) is 0 Å². The Labute approximate surface area is 81.4 Å². The van der Waals surface area contributed by atoms with Gasteiger partial charge in [-0.2, -0.15) is 0 Å². The van der Waals surface area contributed by atoms with Crippen LogP contribution >= 0.6 is 0 Å². The number of aliphatic imine (C=N–C) groups is 2. The van der Waals surface area contributed by atoms with E-state index in [4.69, 9.17) is 0 Å². The van der Waals surface area contributed by atoms with Crippen molar-refractivity contribution >= 4 is 17.6 Å². The van der Waals surface area contributed by atoms with E-state index in [9.17, 15) is 0 Å². The zero-order valence-corrected chi connectivity index (χ0v) is 7.97. The summed E-state index contributed by atoms with van der Waals surface area (Å²) < 4.78 is 0. The van der Waals surface area contributed by atoms with E-state index >= 15 is 0 Å². The average molecular weight is 187 g/mol. The van der Waals surface area contributed by atoms with Crippen molar-refractivity contribution < 1.29 is 0 Å². The molecule has 0 unspecified atom stereocenters. The second-order valence-corrected chi connectivity index (χ2v) is 3.33. The van der Waals surface area contributed by atoms with Crippen molar-refractivity contribution in [2.75, 3.05) is 7.05 Å². The van der Waals surface area contributed by atoms with Crippen molar-refractivity contribution in [2.45, 2.75) is 6.92 Å². The van der Waals surface area contributed by atoms with Crippen molar-refractivity contribution in [3.8, 4) is 0 Å². The van der Waals surface area contributed by atoms with Crippen molar-refractivity contribution in [3.63, 3.8) is 0 Å². The highest BCUT2D eigenvalue weighted by Gasteiger charge is 2.33. The monoisotopic (exact) mass is 187 g/mol. The number of hydrogen-bond acceptors (Lipinski definition) is 5. The van der Waals surface area contributed by atoms with E-state index in [1.807, 2.05) is 31.0 Å². The summed E-state index contributed by atoms with van der Waals surface area (Å²) in [6, 6.07) is 0. The topological polar surface area (TPSA) is 43.6 Å². The van der Waals surface area contributed by atoms with Gasteiger partial charge in [-0.3, -0.25) is 0 Å². The molecule has 0 bridgehead atoms. The number of hydrazone groups is 1. The van der Waals surface area contributed by atoms with Crippen LogP contribution < -0.4 is 0 Å². The van der Waals surface area contributed by atoms with E-state index in [1.165, 1.54) is 0 Å². The maximum Gasteiger partial charge on any atom is 0.255 e. The normalized spacial score (nSPS) is 22.7. The van der Waals surface area contributed by atoms with Crippen LogP contribution in [0.3, 0.4) is 0 Å². The molecule has 3 aliphatic heterocycles. The summed E-state index contributed by atoms with van der Waals surface area (Å²) in [6.07, 6.45) is 5.75. The molecule has 3 heterocycles. The molecule has 0 atom stereocenters. The molecule has 14 heavy (non-hydrogen) atoms. The number of allylic oxidation sites excluding steroid dienone is 2. The molecule has 0 spiro atoms. The molecule has 0 aromatic carbocycles. The van der Waals surface area contributed by atoms with Crippen LogP contribution in [0.2, 0.25) is 0 Å². The molecule has 0 saturated heterocycles. The summed E-state index contributed by atoms with van der Waals surface area (Å²) in [7, 11) is 1.87. The molecule has 5 nitrogen and oxygen atoms in total. The van der Waals surface area contributed by atoms with Crippen molar-refractivity contribution in [2.24, 2.45) is 15.1 Å². The molecule has 3 aliphatic rings. The highest BCUT2D eigenvalue weighted by molar-refractivity contribution is 6.14. The minimum atomic E-state index is 0.700. The van der Waals surface area contributed by atoms with Gasteiger partial charge in [0.05, 0.1) is 5.70 Å². The Kier molecular flexibility index (Phi) is 1.24.